The molecule has 9 heteroatoms. The standard InChI is InChI=1S/C19H28N2O6S.C2H6/c1-2-27-15(22)12-13-6-9-21(10-7-13)19(26)17(24)16(23)18(25)20-8-5-14-4-3-11-28-14;1-2/h3-4,11,13,16-17,23-24H,2,5-10,12H2,1H3,(H,20,25);1-2H3. The topological polar surface area (TPSA) is 116 Å². The third-order valence-corrected chi connectivity index (χ3v) is 5.69. The Hall–Kier alpha value is -1.97. The highest BCUT2D eigenvalue weighted by Gasteiger charge is 2.35. The molecular weight excluding hydrogens is 408 g/mol. The van der Waals surface area contributed by atoms with Crippen molar-refractivity contribution in [3.05, 3.63) is 22.4 Å². The van der Waals surface area contributed by atoms with Gasteiger partial charge in [-0.25, -0.2) is 0 Å². The van der Waals surface area contributed by atoms with Gasteiger partial charge < -0.3 is 25.2 Å². The fraction of sp³-hybridized carbons (Fsp3) is 0.667. The van der Waals surface area contributed by atoms with Crippen LogP contribution in [-0.4, -0.2) is 71.3 Å². The minimum Gasteiger partial charge on any atom is -0.466 e. The van der Waals surface area contributed by atoms with E-state index < -0.39 is 24.0 Å². The number of hydrogen-bond donors (Lipinski definition) is 3. The molecule has 170 valence electrons. The van der Waals surface area contributed by atoms with Crippen LogP contribution in [0.5, 0.6) is 0 Å². The third-order valence-electron chi connectivity index (χ3n) is 4.76. The number of likely N-dealkylation sites (tertiary alicyclic amines) is 1. The molecule has 1 aliphatic rings. The first kappa shape index (κ1) is 26.1. The van der Waals surface area contributed by atoms with Crippen molar-refractivity contribution >= 4 is 29.1 Å². The van der Waals surface area contributed by atoms with Crippen molar-refractivity contribution in [1.82, 2.24) is 10.2 Å². The van der Waals surface area contributed by atoms with E-state index in [9.17, 15) is 24.6 Å². The van der Waals surface area contributed by atoms with Crippen molar-refractivity contribution < 1.29 is 29.3 Å². The van der Waals surface area contributed by atoms with Gasteiger partial charge in [0, 0.05) is 30.9 Å². The van der Waals surface area contributed by atoms with Crippen LogP contribution in [0.4, 0.5) is 0 Å². The fourth-order valence-electron chi connectivity index (χ4n) is 3.15. The predicted octanol–water partition coefficient (Wildman–Crippen LogP) is 1.35. The van der Waals surface area contributed by atoms with E-state index in [2.05, 4.69) is 5.32 Å². The molecule has 8 nitrogen and oxygen atoms in total. The molecule has 1 aromatic rings. The van der Waals surface area contributed by atoms with Crippen LogP contribution in [0, 0.1) is 5.92 Å². The number of nitrogens with zero attached hydrogens (tertiary/aromatic N) is 1. The highest BCUT2D eigenvalue weighted by molar-refractivity contribution is 7.09. The lowest BCUT2D eigenvalue weighted by Crippen LogP contribution is -2.52. The lowest BCUT2D eigenvalue weighted by Gasteiger charge is -2.33. The van der Waals surface area contributed by atoms with E-state index >= 15 is 0 Å². The first-order valence-electron chi connectivity index (χ1n) is 10.5. The number of amides is 2. The summed E-state index contributed by atoms with van der Waals surface area (Å²) in [4.78, 5) is 38.4. The van der Waals surface area contributed by atoms with Crippen molar-refractivity contribution in [1.29, 1.82) is 0 Å². The number of hydrogen-bond acceptors (Lipinski definition) is 7. The van der Waals surface area contributed by atoms with Crippen molar-refractivity contribution in [3.63, 3.8) is 0 Å². The number of ether oxygens (including phenoxy) is 1. The van der Waals surface area contributed by atoms with Gasteiger partial charge in [0.15, 0.2) is 12.2 Å². The van der Waals surface area contributed by atoms with Gasteiger partial charge in [0.05, 0.1) is 6.61 Å². The molecule has 2 amide bonds. The number of aliphatic hydroxyl groups is 2. The van der Waals surface area contributed by atoms with Crippen LogP contribution < -0.4 is 5.32 Å². The SMILES string of the molecule is CC.CCOC(=O)CC1CCN(C(=O)C(O)C(O)C(=O)NCCc2cccs2)CC1. The summed E-state index contributed by atoms with van der Waals surface area (Å²) in [5.41, 5.74) is 0. The molecule has 2 atom stereocenters. The number of nitrogens with one attached hydrogen (secondary N) is 1. The molecule has 1 fully saturated rings. The second-order valence-corrected chi connectivity index (χ2v) is 7.82. The molecule has 3 N–H and O–H groups in total. The third kappa shape index (κ3) is 8.41. The van der Waals surface area contributed by atoms with Gasteiger partial charge in [-0.2, -0.15) is 0 Å². The molecule has 0 bridgehead atoms. The number of carbonyl (C=O) groups is 3. The van der Waals surface area contributed by atoms with E-state index in [1.165, 1.54) is 4.90 Å². The van der Waals surface area contributed by atoms with Gasteiger partial charge in [0.1, 0.15) is 0 Å². The summed E-state index contributed by atoms with van der Waals surface area (Å²) in [7, 11) is 0. The van der Waals surface area contributed by atoms with Crippen LogP contribution in [0.25, 0.3) is 0 Å². The Morgan fingerprint density at radius 2 is 1.90 bits per heavy atom. The Bertz CT molecular complexity index is 644. The average Bonchev–Trinajstić information content (AvgIpc) is 3.27. The number of esters is 1. The van der Waals surface area contributed by atoms with E-state index in [-0.39, 0.29) is 11.9 Å². The number of piperidine rings is 1. The number of thiophene rings is 1. The molecule has 0 aromatic carbocycles. The first-order valence-corrected chi connectivity index (χ1v) is 11.4. The second-order valence-electron chi connectivity index (χ2n) is 6.79. The molecule has 1 saturated heterocycles. The molecule has 2 rings (SSSR count). The highest BCUT2D eigenvalue weighted by atomic mass is 32.1. The Morgan fingerprint density at radius 3 is 2.47 bits per heavy atom. The van der Waals surface area contributed by atoms with Gasteiger partial charge >= 0.3 is 5.97 Å². The van der Waals surface area contributed by atoms with Gasteiger partial charge in [-0.05, 0) is 43.6 Å². The normalized spacial score (nSPS) is 16.1. The van der Waals surface area contributed by atoms with Gasteiger partial charge in [0.2, 0.25) is 0 Å². The van der Waals surface area contributed by atoms with Crippen molar-refractivity contribution in [3.8, 4) is 0 Å². The zero-order valence-electron chi connectivity index (χ0n) is 18.0. The molecular formula is C21H34N2O6S. The molecule has 2 unspecified atom stereocenters. The fourth-order valence-corrected chi connectivity index (χ4v) is 3.86. The Morgan fingerprint density at radius 1 is 1.23 bits per heavy atom. The summed E-state index contributed by atoms with van der Waals surface area (Å²) < 4.78 is 4.93. The summed E-state index contributed by atoms with van der Waals surface area (Å²) in [5, 5.41) is 24.6. The number of carbonyl (C=O) groups excluding carboxylic acids is 3. The minimum atomic E-state index is -1.81. The zero-order chi connectivity index (χ0) is 22.5. The summed E-state index contributed by atoms with van der Waals surface area (Å²) in [6.45, 7) is 7.15. The maximum atomic E-state index is 12.4. The maximum Gasteiger partial charge on any atom is 0.306 e. The van der Waals surface area contributed by atoms with Gasteiger partial charge in [-0.3, -0.25) is 14.4 Å². The van der Waals surface area contributed by atoms with E-state index in [1.54, 1.807) is 18.3 Å². The molecule has 30 heavy (non-hydrogen) atoms. The Balaban J connectivity index is 0.00000218. The molecule has 0 saturated carbocycles. The van der Waals surface area contributed by atoms with Crippen molar-refractivity contribution in [2.75, 3.05) is 26.2 Å². The van der Waals surface area contributed by atoms with Crippen LogP contribution in [-0.2, 0) is 25.5 Å². The minimum absolute atomic E-state index is 0.130. The number of aliphatic hydroxyl groups excluding tert-OH is 2. The summed E-state index contributed by atoms with van der Waals surface area (Å²) in [5.74, 6) is -1.56. The monoisotopic (exact) mass is 442 g/mol. The largest absolute Gasteiger partial charge is 0.466 e. The van der Waals surface area contributed by atoms with Gasteiger partial charge in [-0.1, -0.05) is 19.9 Å². The maximum absolute atomic E-state index is 12.4. The van der Waals surface area contributed by atoms with Crippen LogP contribution >= 0.6 is 11.3 Å². The zero-order valence-corrected chi connectivity index (χ0v) is 18.8. The molecule has 1 aliphatic heterocycles. The van der Waals surface area contributed by atoms with E-state index in [1.807, 2.05) is 31.4 Å². The van der Waals surface area contributed by atoms with E-state index in [4.69, 9.17) is 4.74 Å². The van der Waals surface area contributed by atoms with Crippen LogP contribution in [0.15, 0.2) is 17.5 Å². The first-order chi connectivity index (χ1) is 14.4. The van der Waals surface area contributed by atoms with E-state index in [0.29, 0.717) is 51.9 Å². The summed E-state index contributed by atoms with van der Waals surface area (Å²) >= 11 is 1.57. The average molecular weight is 443 g/mol. The summed E-state index contributed by atoms with van der Waals surface area (Å²) in [6.07, 6.45) is -1.46. The van der Waals surface area contributed by atoms with E-state index in [0.717, 1.165) is 4.88 Å². The van der Waals surface area contributed by atoms with Crippen LogP contribution in [0.1, 0.15) is 44.9 Å². The molecule has 0 spiro atoms. The molecule has 1 aromatic heterocycles. The smallest absolute Gasteiger partial charge is 0.306 e. The number of rotatable bonds is 9. The van der Waals surface area contributed by atoms with Crippen LogP contribution in [0.3, 0.4) is 0 Å². The quantitative estimate of drug-likeness (QED) is 0.497. The summed E-state index contributed by atoms with van der Waals surface area (Å²) in [6, 6.07) is 3.85. The predicted molar refractivity (Wildman–Crippen MR) is 115 cm³/mol. The lowest BCUT2D eigenvalue weighted by atomic mass is 9.93. The van der Waals surface area contributed by atoms with Crippen LogP contribution in [0.2, 0.25) is 0 Å². The molecule has 0 aliphatic carbocycles. The van der Waals surface area contributed by atoms with Crippen molar-refractivity contribution in [2.45, 2.75) is 58.7 Å². The second kappa shape index (κ2) is 14.1. The van der Waals surface area contributed by atoms with Gasteiger partial charge in [0.25, 0.3) is 11.8 Å². The lowest BCUT2D eigenvalue weighted by molar-refractivity contribution is -0.154. The molecule has 0 radical (unpaired) electrons. The van der Waals surface area contributed by atoms with Gasteiger partial charge in [-0.15, -0.1) is 11.3 Å². The molecule has 2 heterocycles. The van der Waals surface area contributed by atoms with Crippen molar-refractivity contribution in [2.24, 2.45) is 5.92 Å². The Labute approximate surface area is 182 Å². The Kier molecular flexibility index (Phi) is 12.3. The highest BCUT2D eigenvalue weighted by Crippen LogP contribution is 2.22.